The van der Waals surface area contributed by atoms with Crippen LogP contribution in [0, 0.1) is 0 Å². The lowest BCUT2D eigenvalue weighted by molar-refractivity contribution is -0.112. The molecule has 2 aliphatic heterocycles. The molecular formula is C39H46N4O4S. The largest absolute Gasteiger partial charge is 0.491 e. The van der Waals surface area contributed by atoms with Crippen LogP contribution in [0.25, 0.3) is 17.2 Å². The molecule has 6 rings (SSSR count). The van der Waals surface area contributed by atoms with Gasteiger partial charge in [-0.25, -0.2) is 4.98 Å². The second-order valence-corrected chi connectivity index (χ2v) is 13.9. The number of benzene rings is 3. The molecule has 1 N–H and O–H groups in total. The van der Waals surface area contributed by atoms with Gasteiger partial charge in [0.25, 0.3) is 5.91 Å². The molecule has 9 heteroatoms. The predicted octanol–water partition coefficient (Wildman–Crippen LogP) is 7.64. The number of hydrogen-bond donors (Lipinski definition) is 1. The molecule has 8 nitrogen and oxygen atoms in total. The van der Waals surface area contributed by atoms with Crippen molar-refractivity contribution >= 4 is 34.2 Å². The Morgan fingerprint density at radius 3 is 2.56 bits per heavy atom. The van der Waals surface area contributed by atoms with Crippen LogP contribution in [0.3, 0.4) is 0 Å². The second-order valence-electron chi connectivity index (χ2n) is 12.5. The average molecular weight is 667 g/mol. The van der Waals surface area contributed by atoms with Gasteiger partial charge in [-0.15, -0.1) is 0 Å². The Morgan fingerprint density at radius 2 is 1.77 bits per heavy atom. The molecule has 2 aliphatic rings. The van der Waals surface area contributed by atoms with Crippen LogP contribution in [-0.2, 0) is 39.0 Å². The summed E-state index contributed by atoms with van der Waals surface area (Å²) in [4.78, 5) is 21.0. The number of anilines is 2. The van der Waals surface area contributed by atoms with E-state index in [9.17, 15) is 9.00 Å². The number of carbonyl (C=O) groups is 1. The molecule has 1 amide bonds. The number of carbonyl (C=O) groups excluding carboxylic acids is 1. The van der Waals surface area contributed by atoms with Crippen LogP contribution in [0.1, 0.15) is 62.8 Å². The minimum absolute atomic E-state index is 0.0990. The smallest absolute Gasteiger partial charge is 0.251 e. The number of aromatic nitrogens is 2. The first-order chi connectivity index (χ1) is 23.5. The van der Waals surface area contributed by atoms with Crippen molar-refractivity contribution < 1.29 is 18.5 Å². The van der Waals surface area contributed by atoms with E-state index in [0.717, 1.165) is 96.9 Å². The van der Waals surface area contributed by atoms with Crippen molar-refractivity contribution in [3.8, 4) is 16.9 Å². The van der Waals surface area contributed by atoms with Crippen LogP contribution in [0.5, 0.6) is 5.75 Å². The highest BCUT2D eigenvalue weighted by molar-refractivity contribution is 7.84. The van der Waals surface area contributed by atoms with E-state index in [1.165, 1.54) is 11.3 Å². The van der Waals surface area contributed by atoms with Gasteiger partial charge >= 0.3 is 0 Å². The summed E-state index contributed by atoms with van der Waals surface area (Å²) in [6, 6.07) is 20.1. The molecule has 3 aromatic carbocycles. The number of hydrogen-bond acceptors (Lipinski definition) is 6. The molecule has 0 saturated carbocycles. The van der Waals surface area contributed by atoms with Gasteiger partial charge in [0, 0.05) is 54.3 Å². The Kier molecular flexibility index (Phi) is 11.4. The molecule has 0 saturated heterocycles. The maximum atomic E-state index is 13.6. The van der Waals surface area contributed by atoms with Crippen LogP contribution >= 0.6 is 0 Å². The lowest BCUT2D eigenvalue weighted by Gasteiger charge is -2.25. The number of unbranched alkanes of at least 4 members (excludes halogenated alkanes) is 1. The van der Waals surface area contributed by atoms with Crippen LogP contribution in [-0.4, -0.2) is 52.6 Å². The van der Waals surface area contributed by atoms with Crippen molar-refractivity contribution in [2.24, 2.45) is 0 Å². The van der Waals surface area contributed by atoms with E-state index in [0.29, 0.717) is 31.1 Å². The third kappa shape index (κ3) is 8.25. The fourth-order valence-corrected chi connectivity index (χ4v) is 7.52. The van der Waals surface area contributed by atoms with Gasteiger partial charge in [-0.3, -0.25) is 9.00 Å². The van der Waals surface area contributed by atoms with Gasteiger partial charge in [-0.1, -0.05) is 32.4 Å². The van der Waals surface area contributed by atoms with E-state index in [2.05, 4.69) is 64.0 Å². The molecule has 0 fully saturated rings. The highest BCUT2D eigenvalue weighted by Gasteiger charge is 2.26. The van der Waals surface area contributed by atoms with Crippen molar-refractivity contribution in [2.75, 3.05) is 43.1 Å². The molecule has 4 aromatic rings. The molecule has 0 unspecified atom stereocenters. The number of nitrogens with zero attached hydrogens (tertiary/aromatic N) is 3. The molecule has 0 bridgehead atoms. The van der Waals surface area contributed by atoms with E-state index in [-0.39, 0.29) is 5.91 Å². The Labute approximate surface area is 286 Å². The molecule has 252 valence electrons. The zero-order chi connectivity index (χ0) is 33.3. The van der Waals surface area contributed by atoms with E-state index in [1.54, 1.807) is 12.5 Å². The molecule has 48 heavy (non-hydrogen) atoms. The molecule has 1 aromatic heterocycles. The fourth-order valence-electron chi connectivity index (χ4n) is 6.40. The van der Waals surface area contributed by atoms with Gasteiger partial charge in [0.1, 0.15) is 12.4 Å². The summed E-state index contributed by atoms with van der Waals surface area (Å²) in [6.45, 7) is 8.96. The highest BCUT2D eigenvalue weighted by Crippen LogP contribution is 2.39. The van der Waals surface area contributed by atoms with Crippen LogP contribution < -0.4 is 15.0 Å². The zero-order valence-electron chi connectivity index (χ0n) is 28.1. The maximum absolute atomic E-state index is 13.6. The summed E-state index contributed by atoms with van der Waals surface area (Å²) >= 11 is 0. The molecule has 0 aliphatic carbocycles. The quantitative estimate of drug-likeness (QED) is 0.131. The van der Waals surface area contributed by atoms with Crippen molar-refractivity contribution in [2.45, 2.75) is 69.6 Å². The van der Waals surface area contributed by atoms with E-state index in [4.69, 9.17) is 9.47 Å². The zero-order valence-corrected chi connectivity index (χ0v) is 28.9. The van der Waals surface area contributed by atoms with Crippen LogP contribution in [0.2, 0.25) is 0 Å². The Balaban J connectivity index is 1.14. The summed E-state index contributed by atoms with van der Waals surface area (Å²) in [6.07, 6.45) is 11.5. The predicted molar refractivity (Wildman–Crippen MR) is 194 cm³/mol. The minimum Gasteiger partial charge on any atom is -0.491 e. The normalized spacial score (nSPS) is 14.5. The first-order valence-corrected chi connectivity index (χ1v) is 18.6. The summed E-state index contributed by atoms with van der Waals surface area (Å²) < 4.78 is 26.6. The highest BCUT2D eigenvalue weighted by atomic mass is 32.2. The summed E-state index contributed by atoms with van der Waals surface area (Å²) in [7, 11) is -1.21. The standard InChI is InChI=1S/C39H46N4O4S/c1-3-5-20-46-21-22-47-36-12-8-29(9-13-36)32-23-30-16-19-42-18-6-7-31(24-33(25-32)38(30)42)39(44)41-34-10-14-37(15-11-34)48(45)27-35-26-40-28-43(35)17-4-2/h8-15,23-26,28H,3-7,16-22,27H2,1-2H3,(H,41,44)/t48-/m0/s1. The first kappa shape index (κ1) is 33.7. The average Bonchev–Trinajstić information content (AvgIpc) is 3.71. The third-order valence-corrected chi connectivity index (χ3v) is 10.3. The van der Waals surface area contributed by atoms with Crippen molar-refractivity contribution in [3.63, 3.8) is 0 Å². The van der Waals surface area contributed by atoms with Crippen molar-refractivity contribution in [3.05, 3.63) is 95.6 Å². The Morgan fingerprint density at radius 1 is 0.938 bits per heavy atom. The van der Waals surface area contributed by atoms with Gasteiger partial charge in [0.15, 0.2) is 0 Å². The summed E-state index contributed by atoms with van der Waals surface area (Å²) in [5.41, 5.74) is 8.33. The number of amides is 1. The van der Waals surface area contributed by atoms with Gasteiger partial charge in [0.2, 0.25) is 0 Å². The molecule has 0 radical (unpaired) electrons. The van der Waals surface area contributed by atoms with Crippen LogP contribution in [0.4, 0.5) is 11.4 Å². The number of nitrogens with one attached hydrogen (secondary N) is 1. The molecular weight excluding hydrogens is 621 g/mol. The topological polar surface area (TPSA) is 85.7 Å². The number of ether oxygens (including phenoxy) is 2. The summed E-state index contributed by atoms with van der Waals surface area (Å²) in [5.74, 6) is 1.14. The number of aryl methyl sites for hydroxylation is 1. The first-order valence-electron chi connectivity index (χ1n) is 17.2. The van der Waals surface area contributed by atoms with E-state index >= 15 is 0 Å². The Bertz CT molecular complexity index is 1750. The SMILES string of the molecule is CCCCOCCOc1ccc(-c2cc3c4c(c2)CCN4CCCC(C(=O)Nc2ccc([S@@](=O)Cc4cncn4CCC)cc2)=C3)cc1. The molecule has 3 heterocycles. The third-order valence-electron chi connectivity index (χ3n) is 8.92. The van der Waals surface area contributed by atoms with Gasteiger partial charge in [-0.05, 0) is 109 Å². The summed E-state index contributed by atoms with van der Waals surface area (Å²) in [5, 5.41) is 3.10. The fraction of sp³-hybridized carbons (Fsp3) is 0.385. The van der Waals surface area contributed by atoms with Crippen molar-refractivity contribution in [1.29, 1.82) is 0 Å². The number of rotatable bonds is 15. The van der Waals surface area contributed by atoms with Crippen molar-refractivity contribution in [1.82, 2.24) is 9.55 Å². The number of imidazole rings is 1. The van der Waals surface area contributed by atoms with Gasteiger partial charge in [-0.2, -0.15) is 0 Å². The van der Waals surface area contributed by atoms with Gasteiger partial charge < -0.3 is 24.3 Å². The lowest BCUT2D eigenvalue weighted by Crippen LogP contribution is -2.24. The Hall–Kier alpha value is -4.21. The van der Waals surface area contributed by atoms with Crippen LogP contribution in [0.15, 0.2) is 83.7 Å². The minimum atomic E-state index is -1.21. The monoisotopic (exact) mass is 666 g/mol. The maximum Gasteiger partial charge on any atom is 0.251 e. The van der Waals surface area contributed by atoms with Gasteiger partial charge in [0.05, 0.1) is 35.2 Å². The second kappa shape index (κ2) is 16.3. The van der Waals surface area contributed by atoms with E-state index < -0.39 is 10.8 Å². The lowest BCUT2D eigenvalue weighted by atomic mass is 9.94. The molecule has 1 atom stereocenters. The van der Waals surface area contributed by atoms with E-state index in [1.807, 2.05) is 36.4 Å². The molecule has 0 spiro atoms.